The SMILES string of the molecule is O=C(C1CSCN1C(=O)Cc1csc(Cc2ccccc2)n1)N1CCOCC1. The first-order valence-electron chi connectivity index (χ1n) is 9.41. The molecule has 0 spiro atoms. The van der Waals surface area contributed by atoms with Crippen LogP contribution in [0.4, 0.5) is 0 Å². The Bertz CT molecular complexity index is 821. The summed E-state index contributed by atoms with van der Waals surface area (Å²) in [5.41, 5.74) is 2.00. The van der Waals surface area contributed by atoms with Crippen LogP contribution in [0.15, 0.2) is 35.7 Å². The van der Waals surface area contributed by atoms with Crippen LogP contribution in [-0.4, -0.2) is 70.6 Å². The Labute approximate surface area is 172 Å². The van der Waals surface area contributed by atoms with Gasteiger partial charge in [-0.3, -0.25) is 9.59 Å². The summed E-state index contributed by atoms with van der Waals surface area (Å²) >= 11 is 3.22. The van der Waals surface area contributed by atoms with Crippen molar-refractivity contribution < 1.29 is 14.3 Å². The number of thiazole rings is 1. The zero-order chi connectivity index (χ0) is 19.3. The third kappa shape index (κ3) is 4.56. The van der Waals surface area contributed by atoms with Crippen molar-refractivity contribution in [2.24, 2.45) is 0 Å². The summed E-state index contributed by atoms with van der Waals surface area (Å²) in [5, 5.41) is 2.96. The lowest BCUT2D eigenvalue weighted by Crippen LogP contribution is -2.52. The summed E-state index contributed by atoms with van der Waals surface area (Å²) in [6, 6.07) is 9.83. The molecule has 4 rings (SSSR count). The second-order valence-corrected chi connectivity index (χ2v) is 8.83. The lowest BCUT2D eigenvalue weighted by atomic mass is 10.2. The molecule has 3 heterocycles. The molecule has 0 aliphatic carbocycles. The smallest absolute Gasteiger partial charge is 0.246 e. The summed E-state index contributed by atoms with van der Waals surface area (Å²) in [4.78, 5) is 33.9. The van der Waals surface area contributed by atoms with Gasteiger partial charge in [-0.2, -0.15) is 0 Å². The monoisotopic (exact) mass is 417 g/mol. The molecule has 6 nitrogen and oxygen atoms in total. The van der Waals surface area contributed by atoms with E-state index in [1.54, 1.807) is 28.0 Å². The predicted molar refractivity (Wildman–Crippen MR) is 110 cm³/mol. The maximum Gasteiger partial charge on any atom is 0.246 e. The first-order chi connectivity index (χ1) is 13.7. The van der Waals surface area contributed by atoms with Crippen LogP contribution in [0, 0.1) is 0 Å². The fraction of sp³-hybridized carbons (Fsp3) is 0.450. The highest BCUT2D eigenvalue weighted by Gasteiger charge is 2.37. The molecule has 2 fully saturated rings. The molecule has 1 unspecified atom stereocenters. The molecule has 2 saturated heterocycles. The lowest BCUT2D eigenvalue weighted by Gasteiger charge is -2.32. The maximum absolute atomic E-state index is 12.9. The van der Waals surface area contributed by atoms with Crippen molar-refractivity contribution in [2.75, 3.05) is 37.9 Å². The van der Waals surface area contributed by atoms with Gasteiger partial charge in [0.25, 0.3) is 0 Å². The fourth-order valence-electron chi connectivity index (χ4n) is 3.43. The molecule has 1 aromatic carbocycles. The molecule has 28 heavy (non-hydrogen) atoms. The van der Waals surface area contributed by atoms with E-state index < -0.39 is 0 Å². The minimum atomic E-state index is -0.363. The van der Waals surface area contributed by atoms with Crippen molar-refractivity contribution in [3.63, 3.8) is 0 Å². The van der Waals surface area contributed by atoms with Gasteiger partial charge in [0.05, 0.1) is 36.2 Å². The molecule has 148 valence electrons. The van der Waals surface area contributed by atoms with E-state index in [2.05, 4.69) is 17.1 Å². The van der Waals surface area contributed by atoms with Crippen LogP contribution >= 0.6 is 23.1 Å². The zero-order valence-corrected chi connectivity index (χ0v) is 17.2. The van der Waals surface area contributed by atoms with Gasteiger partial charge < -0.3 is 14.5 Å². The molecule has 2 aliphatic rings. The topological polar surface area (TPSA) is 62.7 Å². The number of nitrogens with zero attached hydrogens (tertiary/aromatic N) is 3. The normalized spacial score (nSPS) is 19.8. The number of hydrogen-bond acceptors (Lipinski definition) is 6. The molecular weight excluding hydrogens is 394 g/mol. The standard InChI is InChI=1S/C20H23N3O3S2/c24-19(11-16-12-28-18(21-16)10-15-4-2-1-3-5-15)23-14-27-13-17(23)20(25)22-6-8-26-9-7-22/h1-5,12,17H,6-11,13-14H2. The van der Waals surface area contributed by atoms with Crippen LogP contribution in [0.1, 0.15) is 16.3 Å². The highest BCUT2D eigenvalue weighted by Crippen LogP contribution is 2.24. The molecule has 1 atom stereocenters. The van der Waals surface area contributed by atoms with E-state index in [0.29, 0.717) is 37.9 Å². The summed E-state index contributed by atoms with van der Waals surface area (Å²) in [5.74, 6) is 1.26. The largest absolute Gasteiger partial charge is 0.378 e. The minimum absolute atomic E-state index is 0.0202. The first kappa shape index (κ1) is 19.4. The Morgan fingerprint density at radius 3 is 2.75 bits per heavy atom. The van der Waals surface area contributed by atoms with Crippen LogP contribution in [0.25, 0.3) is 0 Å². The van der Waals surface area contributed by atoms with Gasteiger partial charge >= 0.3 is 0 Å². The van der Waals surface area contributed by atoms with Crippen LogP contribution in [0.5, 0.6) is 0 Å². The number of carbonyl (C=O) groups is 2. The summed E-state index contributed by atoms with van der Waals surface area (Å²) in [6.45, 7) is 2.36. The van der Waals surface area contributed by atoms with Gasteiger partial charge in [-0.15, -0.1) is 23.1 Å². The Hall–Kier alpha value is -1.90. The number of aromatic nitrogens is 1. The number of thioether (sulfide) groups is 1. The fourth-order valence-corrected chi connectivity index (χ4v) is 5.43. The van der Waals surface area contributed by atoms with Gasteiger partial charge in [-0.05, 0) is 5.56 Å². The maximum atomic E-state index is 12.9. The number of carbonyl (C=O) groups excluding carboxylic acids is 2. The van der Waals surface area contributed by atoms with Crippen LogP contribution in [0.3, 0.4) is 0 Å². The number of amides is 2. The molecule has 8 heteroatoms. The first-order valence-corrected chi connectivity index (χ1v) is 11.4. The molecule has 0 N–H and O–H groups in total. The molecule has 0 radical (unpaired) electrons. The van der Waals surface area contributed by atoms with Crippen molar-refractivity contribution in [2.45, 2.75) is 18.9 Å². The van der Waals surface area contributed by atoms with Gasteiger partial charge in [-0.1, -0.05) is 30.3 Å². The highest BCUT2D eigenvalue weighted by molar-refractivity contribution is 7.99. The lowest BCUT2D eigenvalue weighted by molar-refractivity contribution is -0.145. The van der Waals surface area contributed by atoms with E-state index in [-0.39, 0.29) is 24.3 Å². The molecule has 2 aliphatic heterocycles. The molecule has 1 aromatic heterocycles. The van der Waals surface area contributed by atoms with E-state index in [1.807, 2.05) is 28.5 Å². The Balaban J connectivity index is 1.37. The van der Waals surface area contributed by atoms with E-state index in [1.165, 1.54) is 5.56 Å². The van der Waals surface area contributed by atoms with Crippen molar-refractivity contribution in [1.29, 1.82) is 0 Å². The molecular formula is C20H23N3O3S2. The Kier molecular flexibility index (Phi) is 6.29. The van der Waals surface area contributed by atoms with Gasteiger partial charge in [0, 0.05) is 30.6 Å². The zero-order valence-electron chi connectivity index (χ0n) is 15.6. The number of rotatable bonds is 5. The summed E-state index contributed by atoms with van der Waals surface area (Å²) in [6.07, 6.45) is 1.02. The van der Waals surface area contributed by atoms with Crippen LogP contribution in [0.2, 0.25) is 0 Å². The molecule has 2 amide bonds. The molecule has 0 bridgehead atoms. The van der Waals surface area contributed by atoms with Gasteiger partial charge in [0.15, 0.2) is 0 Å². The quantitative estimate of drug-likeness (QED) is 0.745. The van der Waals surface area contributed by atoms with Crippen molar-refractivity contribution in [3.8, 4) is 0 Å². The van der Waals surface area contributed by atoms with E-state index in [4.69, 9.17) is 4.74 Å². The van der Waals surface area contributed by atoms with Gasteiger partial charge in [0.1, 0.15) is 6.04 Å². The van der Waals surface area contributed by atoms with Crippen LogP contribution in [-0.2, 0) is 27.2 Å². The summed E-state index contributed by atoms with van der Waals surface area (Å²) in [7, 11) is 0. The average molecular weight is 418 g/mol. The van der Waals surface area contributed by atoms with Gasteiger partial charge in [-0.25, -0.2) is 4.98 Å². The van der Waals surface area contributed by atoms with Crippen molar-refractivity contribution >= 4 is 34.9 Å². The third-order valence-electron chi connectivity index (χ3n) is 4.94. The molecule has 0 saturated carbocycles. The molecule has 2 aromatic rings. The third-order valence-corrected chi connectivity index (χ3v) is 6.85. The van der Waals surface area contributed by atoms with E-state index in [0.717, 1.165) is 17.1 Å². The number of morpholine rings is 1. The Morgan fingerprint density at radius 1 is 1.18 bits per heavy atom. The van der Waals surface area contributed by atoms with Crippen LogP contribution < -0.4 is 0 Å². The second kappa shape index (κ2) is 9.07. The van der Waals surface area contributed by atoms with Crippen molar-refractivity contribution in [1.82, 2.24) is 14.8 Å². The highest BCUT2D eigenvalue weighted by atomic mass is 32.2. The van der Waals surface area contributed by atoms with Gasteiger partial charge in [0.2, 0.25) is 11.8 Å². The Morgan fingerprint density at radius 2 is 1.96 bits per heavy atom. The number of ether oxygens (including phenoxy) is 1. The average Bonchev–Trinajstić information content (AvgIpc) is 3.38. The summed E-state index contributed by atoms with van der Waals surface area (Å²) < 4.78 is 5.32. The van der Waals surface area contributed by atoms with E-state index >= 15 is 0 Å². The predicted octanol–water partition coefficient (Wildman–Crippen LogP) is 2.04. The second-order valence-electron chi connectivity index (χ2n) is 6.89. The number of benzene rings is 1. The minimum Gasteiger partial charge on any atom is -0.378 e. The van der Waals surface area contributed by atoms with E-state index in [9.17, 15) is 9.59 Å². The van der Waals surface area contributed by atoms with Crippen molar-refractivity contribution in [3.05, 3.63) is 52.0 Å². The number of hydrogen-bond donors (Lipinski definition) is 0.